The fraction of sp³-hybridized carbons (Fsp3) is 0.800. The van der Waals surface area contributed by atoms with Crippen LogP contribution in [0.5, 0.6) is 0 Å². The summed E-state index contributed by atoms with van der Waals surface area (Å²) in [6.07, 6.45) is 2.59. The van der Waals surface area contributed by atoms with Gasteiger partial charge in [-0.2, -0.15) is 0 Å². The first-order valence-corrected chi connectivity index (χ1v) is 10.6. The van der Waals surface area contributed by atoms with Gasteiger partial charge in [0, 0.05) is 0 Å². The molecule has 0 heterocycles. The highest BCUT2D eigenvalue weighted by Gasteiger charge is 2.27. The molecule has 10 heteroatoms. The van der Waals surface area contributed by atoms with E-state index in [4.69, 9.17) is 11.5 Å². The summed E-state index contributed by atoms with van der Waals surface area (Å²) < 4.78 is 0. The molecule has 0 aliphatic heterocycles. The number of nitrogens with two attached hydrogens (primary N) is 2. The lowest BCUT2D eigenvalue weighted by Crippen LogP contribution is -2.54. The molecule has 0 aliphatic carbocycles. The Bertz CT molecular complexity index is 570. The van der Waals surface area contributed by atoms with Gasteiger partial charge < -0.3 is 32.5 Å². The van der Waals surface area contributed by atoms with Gasteiger partial charge in [0.2, 0.25) is 17.7 Å². The monoisotopic (exact) mass is 429 g/mol. The maximum atomic E-state index is 12.5. The highest BCUT2D eigenvalue weighted by Crippen LogP contribution is 2.09. The average Bonchev–Trinajstić information content (AvgIpc) is 2.68. The maximum absolute atomic E-state index is 12.5. The average molecular weight is 430 g/mol. The summed E-state index contributed by atoms with van der Waals surface area (Å²) in [5, 5.41) is 16.7. The topological polar surface area (TPSA) is 177 Å². The third-order valence-electron chi connectivity index (χ3n) is 4.90. The first-order valence-electron chi connectivity index (χ1n) is 10.6. The Morgan fingerprint density at radius 2 is 1.60 bits per heavy atom. The van der Waals surface area contributed by atoms with Crippen molar-refractivity contribution in [1.29, 1.82) is 0 Å². The van der Waals surface area contributed by atoms with Gasteiger partial charge in [0.15, 0.2) is 0 Å². The van der Waals surface area contributed by atoms with E-state index >= 15 is 0 Å². The molecule has 0 saturated heterocycles. The molecule has 0 aliphatic rings. The van der Waals surface area contributed by atoms with Crippen LogP contribution in [-0.2, 0) is 19.2 Å². The van der Waals surface area contributed by atoms with Crippen molar-refractivity contribution in [2.45, 2.75) is 77.9 Å². The number of rotatable bonds is 15. The molecule has 8 N–H and O–H groups in total. The Balaban J connectivity index is 4.81. The van der Waals surface area contributed by atoms with Crippen molar-refractivity contribution in [1.82, 2.24) is 16.0 Å². The Morgan fingerprint density at radius 3 is 2.10 bits per heavy atom. The Morgan fingerprint density at radius 1 is 0.967 bits per heavy atom. The fourth-order valence-corrected chi connectivity index (χ4v) is 2.77. The summed E-state index contributed by atoms with van der Waals surface area (Å²) in [7, 11) is 0. The lowest BCUT2D eigenvalue weighted by Gasteiger charge is -2.24. The number of aliphatic carboxylic acids is 1. The van der Waals surface area contributed by atoms with Gasteiger partial charge in [-0.3, -0.25) is 14.4 Å². The van der Waals surface area contributed by atoms with Crippen LogP contribution < -0.4 is 27.4 Å². The first-order chi connectivity index (χ1) is 14.0. The van der Waals surface area contributed by atoms with Crippen molar-refractivity contribution >= 4 is 23.7 Å². The van der Waals surface area contributed by atoms with Crippen LogP contribution in [0.15, 0.2) is 0 Å². The molecule has 0 radical (unpaired) electrons. The van der Waals surface area contributed by atoms with Gasteiger partial charge in [-0.15, -0.1) is 0 Å². The van der Waals surface area contributed by atoms with Crippen LogP contribution in [0.4, 0.5) is 0 Å². The quantitative estimate of drug-likeness (QED) is 0.194. The van der Waals surface area contributed by atoms with E-state index in [2.05, 4.69) is 16.0 Å². The van der Waals surface area contributed by atoms with Crippen molar-refractivity contribution in [3.05, 3.63) is 0 Å². The standard InChI is InChI=1S/C20H39N5O5/c1-5-13(4)17(22)19(28)25-15(10-12(2)3)18(27)23-11-16(26)24-14(20(29)30)8-6-7-9-21/h12-15,17H,5-11,21-22H2,1-4H3,(H,23,27)(H,24,26)(H,25,28)(H,29,30)/t13-,14-,15-,17-/m0/s1. The number of carboxylic acid groups (broad SMARTS) is 1. The van der Waals surface area contributed by atoms with Gasteiger partial charge >= 0.3 is 5.97 Å². The minimum Gasteiger partial charge on any atom is -0.480 e. The third-order valence-corrected chi connectivity index (χ3v) is 4.90. The lowest BCUT2D eigenvalue weighted by molar-refractivity contribution is -0.142. The molecule has 0 aromatic rings. The second-order valence-corrected chi connectivity index (χ2v) is 8.06. The van der Waals surface area contributed by atoms with Crippen molar-refractivity contribution in [3.8, 4) is 0 Å². The van der Waals surface area contributed by atoms with Crippen LogP contribution >= 0.6 is 0 Å². The summed E-state index contributed by atoms with van der Waals surface area (Å²) in [5.74, 6) is -2.61. The van der Waals surface area contributed by atoms with E-state index in [1.807, 2.05) is 27.7 Å². The molecule has 4 atom stereocenters. The molecule has 0 aromatic heterocycles. The summed E-state index contributed by atoms with van der Waals surface area (Å²) in [6.45, 7) is 7.66. The highest BCUT2D eigenvalue weighted by molar-refractivity contribution is 5.92. The molecule has 3 amide bonds. The highest BCUT2D eigenvalue weighted by atomic mass is 16.4. The summed E-state index contributed by atoms with van der Waals surface area (Å²) in [5.41, 5.74) is 11.3. The van der Waals surface area contributed by atoms with E-state index in [0.29, 0.717) is 25.8 Å². The minimum atomic E-state index is -1.14. The molecule has 30 heavy (non-hydrogen) atoms. The van der Waals surface area contributed by atoms with Crippen LogP contribution in [0.2, 0.25) is 0 Å². The minimum absolute atomic E-state index is 0.0363. The van der Waals surface area contributed by atoms with Gasteiger partial charge in [-0.1, -0.05) is 34.1 Å². The van der Waals surface area contributed by atoms with Crippen LogP contribution in [-0.4, -0.2) is 60.0 Å². The van der Waals surface area contributed by atoms with Crippen LogP contribution in [0, 0.1) is 11.8 Å². The number of hydrogen-bond donors (Lipinski definition) is 6. The number of carbonyl (C=O) groups is 4. The second kappa shape index (κ2) is 14.7. The smallest absolute Gasteiger partial charge is 0.326 e. The molecule has 0 aromatic carbocycles. The maximum Gasteiger partial charge on any atom is 0.326 e. The van der Waals surface area contributed by atoms with Crippen LogP contribution in [0.25, 0.3) is 0 Å². The van der Waals surface area contributed by atoms with E-state index in [1.165, 1.54) is 0 Å². The third kappa shape index (κ3) is 11.1. The van der Waals surface area contributed by atoms with Crippen molar-refractivity contribution < 1.29 is 24.3 Å². The van der Waals surface area contributed by atoms with Gasteiger partial charge in [0.05, 0.1) is 12.6 Å². The molecule has 0 saturated carbocycles. The van der Waals surface area contributed by atoms with Crippen LogP contribution in [0.3, 0.4) is 0 Å². The lowest BCUT2D eigenvalue weighted by atomic mass is 9.97. The summed E-state index contributed by atoms with van der Waals surface area (Å²) >= 11 is 0. The van der Waals surface area contributed by atoms with E-state index in [1.54, 1.807) is 0 Å². The van der Waals surface area contributed by atoms with Gasteiger partial charge in [0.25, 0.3) is 0 Å². The molecule has 0 bridgehead atoms. The Hall–Kier alpha value is -2.20. The molecule has 0 unspecified atom stereocenters. The van der Waals surface area contributed by atoms with Crippen molar-refractivity contribution in [2.24, 2.45) is 23.3 Å². The molecule has 0 fully saturated rings. The second-order valence-electron chi connectivity index (χ2n) is 8.06. The van der Waals surface area contributed by atoms with Crippen molar-refractivity contribution in [3.63, 3.8) is 0 Å². The van der Waals surface area contributed by atoms with E-state index in [0.717, 1.165) is 6.42 Å². The summed E-state index contributed by atoms with van der Waals surface area (Å²) in [6, 6.07) is -2.61. The first kappa shape index (κ1) is 27.8. The molecular formula is C20H39N5O5. The van der Waals surface area contributed by atoms with Gasteiger partial charge in [-0.25, -0.2) is 4.79 Å². The zero-order chi connectivity index (χ0) is 23.3. The van der Waals surface area contributed by atoms with E-state index in [9.17, 15) is 24.3 Å². The summed E-state index contributed by atoms with van der Waals surface area (Å²) in [4.78, 5) is 48.2. The number of carboxylic acids is 1. The van der Waals surface area contributed by atoms with Gasteiger partial charge in [-0.05, 0) is 44.1 Å². The Kier molecular flexibility index (Phi) is 13.7. The Labute approximate surface area is 178 Å². The predicted molar refractivity (Wildman–Crippen MR) is 114 cm³/mol. The molecule has 174 valence electrons. The molecule has 10 nitrogen and oxygen atoms in total. The fourth-order valence-electron chi connectivity index (χ4n) is 2.77. The number of unbranched alkanes of at least 4 members (excludes halogenated alkanes) is 1. The van der Waals surface area contributed by atoms with Crippen LogP contribution in [0.1, 0.15) is 59.8 Å². The zero-order valence-corrected chi connectivity index (χ0v) is 18.6. The van der Waals surface area contributed by atoms with E-state index in [-0.39, 0.29) is 24.8 Å². The number of hydrogen-bond acceptors (Lipinski definition) is 6. The zero-order valence-electron chi connectivity index (χ0n) is 18.6. The van der Waals surface area contributed by atoms with Gasteiger partial charge in [0.1, 0.15) is 12.1 Å². The van der Waals surface area contributed by atoms with Crippen molar-refractivity contribution in [2.75, 3.05) is 13.1 Å². The predicted octanol–water partition coefficient (Wildman–Crippen LogP) is -0.295. The normalized spacial score (nSPS) is 15.0. The number of carbonyl (C=O) groups excluding carboxylic acids is 3. The molecular weight excluding hydrogens is 390 g/mol. The largest absolute Gasteiger partial charge is 0.480 e. The number of nitrogens with one attached hydrogen (secondary N) is 3. The van der Waals surface area contributed by atoms with E-state index < -0.39 is 41.8 Å². The molecule has 0 spiro atoms. The SMILES string of the molecule is CC[C@H](C)[C@H](N)C(=O)N[C@@H](CC(C)C)C(=O)NCC(=O)N[C@@H](CCCCN)C(=O)O. The molecule has 0 rings (SSSR count). The number of amides is 3.